The zero-order valence-corrected chi connectivity index (χ0v) is 9.56. The highest BCUT2D eigenvalue weighted by Gasteiger charge is 2.02. The van der Waals surface area contributed by atoms with E-state index in [0.717, 1.165) is 17.3 Å². The van der Waals surface area contributed by atoms with Gasteiger partial charge in [0, 0.05) is 13.7 Å². The molecule has 0 amide bonds. The number of ether oxygens (including phenoxy) is 1. The molecule has 1 rings (SSSR count). The number of hydrogen-bond donors (Lipinski definition) is 1. The Kier molecular flexibility index (Phi) is 4.23. The Morgan fingerprint density at radius 3 is 2.79 bits per heavy atom. The quantitative estimate of drug-likeness (QED) is 0.830. The molecular formula is C11H16ClNO. The highest BCUT2D eigenvalue weighted by Crippen LogP contribution is 2.22. The van der Waals surface area contributed by atoms with E-state index in [9.17, 15) is 0 Å². The lowest BCUT2D eigenvalue weighted by Gasteiger charge is -2.13. The predicted molar refractivity (Wildman–Crippen MR) is 61.1 cm³/mol. The van der Waals surface area contributed by atoms with E-state index in [4.69, 9.17) is 16.3 Å². The third-order valence-corrected chi connectivity index (χ3v) is 2.42. The van der Waals surface area contributed by atoms with Gasteiger partial charge in [-0.1, -0.05) is 17.7 Å². The first-order valence-corrected chi connectivity index (χ1v) is 5.04. The smallest absolute Gasteiger partial charge is 0.0715 e. The highest BCUT2D eigenvalue weighted by atomic mass is 35.5. The molecule has 0 aliphatic rings. The number of rotatable bonds is 4. The molecule has 3 heteroatoms. The lowest BCUT2D eigenvalue weighted by Crippen LogP contribution is -2.18. The number of methoxy groups -OCH3 is 1. The van der Waals surface area contributed by atoms with E-state index < -0.39 is 0 Å². The second kappa shape index (κ2) is 5.23. The molecule has 1 unspecified atom stereocenters. The van der Waals surface area contributed by atoms with Gasteiger partial charge >= 0.3 is 0 Å². The molecule has 0 aliphatic heterocycles. The molecule has 1 N–H and O–H groups in total. The molecule has 0 aromatic heterocycles. The number of halogens is 1. The number of aryl methyl sites for hydroxylation is 1. The van der Waals surface area contributed by atoms with Crippen LogP contribution in [0.1, 0.15) is 12.5 Å². The van der Waals surface area contributed by atoms with Crippen molar-refractivity contribution in [3.8, 4) is 0 Å². The van der Waals surface area contributed by atoms with Crippen LogP contribution in [0, 0.1) is 6.92 Å². The maximum absolute atomic E-state index is 6.05. The lowest BCUT2D eigenvalue weighted by atomic mass is 10.2. The average Bonchev–Trinajstić information content (AvgIpc) is 2.16. The largest absolute Gasteiger partial charge is 0.381 e. The number of hydrogen-bond acceptors (Lipinski definition) is 2. The SMILES string of the molecule is COC(C)CNc1ccc(C)cc1Cl. The third kappa shape index (κ3) is 3.20. The zero-order chi connectivity index (χ0) is 10.6. The molecule has 0 saturated heterocycles. The Morgan fingerprint density at radius 1 is 1.50 bits per heavy atom. The van der Waals surface area contributed by atoms with E-state index in [0.29, 0.717) is 0 Å². The zero-order valence-electron chi connectivity index (χ0n) is 8.80. The van der Waals surface area contributed by atoms with Gasteiger partial charge in [-0.3, -0.25) is 0 Å². The Morgan fingerprint density at radius 2 is 2.21 bits per heavy atom. The third-order valence-electron chi connectivity index (χ3n) is 2.11. The van der Waals surface area contributed by atoms with Crippen molar-refractivity contribution >= 4 is 17.3 Å². The summed E-state index contributed by atoms with van der Waals surface area (Å²) in [5.41, 5.74) is 2.13. The van der Waals surface area contributed by atoms with Crippen molar-refractivity contribution in [3.63, 3.8) is 0 Å². The van der Waals surface area contributed by atoms with Crippen LogP contribution >= 0.6 is 11.6 Å². The van der Waals surface area contributed by atoms with Gasteiger partial charge in [-0.05, 0) is 31.5 Å². The van der Waals surface area contributed by atoms with Gasteiger partial charge in [0.05, 0.1) is 16.8 Å². The van der Waals surface area contributed by atoms with Gasteiger partial charge in [-0.25, -0.2) is 0 Å². The molecule has 1 aromatic carbocycles. The molecule has 0 fully saturated rings. The van der Waals surface area contributed by atoms with Crippen molar-refractivity contribution in [2.45, 2.75) is 20.0 Å². The highest BCUT2D eigenvalue weighted by molar-refractivity contribution is 6.33. The van der Waals surface area contributed by atoms with Crippen LogP contribution in [0.5, 0.6) is 0 Å². The molecular weight excluding hydrogens is 198 g/mol. The molecule has 0 saturated carbocycles. The van der Waals surface area contributed by atoms with Crippen molar-refractivity contribution < 1.29 is 4.74 Å². The Bertz CT molecular complexity index is 301. The van der Waals surface area contributed by atoms with E-state index in [-0.39, 0.29) is 6.10 Å². The molecule has 0 aliphatic carbocycles. The first-order valence-electron chi connectivity index (χ1n) is 4.66. The van der Waals surface area contributed by atoms with Crippen LogP contribution in [0.25, 0.3) is 0 Å². The van der Waals surface area contributed by atoms with Crippen LogP contribution in [0.4, 0.5) is 5.69 Å². The normalized spacial score (nSPS) is 12.6. The molecule has 1 atom stereocenters. The fourth-order valence-corrected chi connectivity index (χ4v) is 1.40. The summed E-state index contributed by atoms with van der Waals surface area (Å²) >= 11 is 6.05. The lowest BCUT2D eigenvalue weighted by molar-refractivity contribution is 0.129. The van der Waals surface area contributed by atoms with E-state index in [1.807, 2.05) is 32.0 Å². The number of benzene rings is 1. The van der Waals surface area contributed by atoms with Crippen molar-refractivity contribution in [1.29, 1.82) is 0 Å². The van der Waals surface area contributed by atoms with Crippen LogP contribution in [-0.4, -0.2) is 19.8 Å². The number of nitrogens with one attached hydrogen (secondary N) is 1. The van der Waals surface area contributed by atoms with E-state index in [1.54, 1.807) is 7.11 Å². The standard InChI is InChI=1S/C11H16ClNO/c1-8-4-5-11(10(12)6-8)13-7-9(2)14-3/h4-6,9,13H,7H2,1-3H3. The van der Waals surface area contributed by atoms with Crippen molar-refractivity contribution in [3.05, 3.63) is 28.8 Å². The van der Waals surface area contributed by atoms with Gasteiger partial charge in [0.15, 0.2) is 0 Å². The van der Waals surface area contributed by atoms with Crippen LogP contribution in [0.15, 0.2) is 18.2 Å². The molecule has 0 spiro atoms. The van der Waals surface area contributed by atoms with Gasteiger partial charge in [0.1, 0.15) is 0 Å². The topological polar surface area (TPSA) is 21.3 Å². The molecule has 78 valence electrons. The van der Waals surface area contributed by atoms with Crippen molar-refractivity contribution in [2.24, 2.45) is 0 Å². The maximum atomic E-state index is 6.05. The summed E-state index contributed by atoms with van der Waals surface area (Å²) in [6, 6.07) is 5.97. The average molecular weight is 214 g/mol. The summed E-state index contributed by atoms with van der Waals surface area (Å²) in [6.45, 7) is 4.79. The molecule has 0 bridgehead atoms. The second-order valence-corrected chi connectivity index (χ2v) is 3.82. The summed E-state index contributed by atoms with van der Waals surface area (Å²) in [5, 5.41) is 3.99. The van der Waals surface area contributed by atoms with Gasteiger partial charge < -0.3 is 10.1 Å². The summed E-state index contributed by atoms with van der Waals surface area (Å²) in [7, 11) is 1.70. The van der Waals surface area contributed by atoms with Gasteiger partial charge in [-0.15, -0.1) is 0 Å². The minimum atomic E-state index is 0.187. The van der Waals surface area contributed by atoms with E-state index >= 15 is 0 Å². The van der Waals surface area contributed by atoms with E-state index in [1.165, 1.54) is 5.56 Å². The van der Waals surface area contributed by atoms with Gasteiger partial charge in [0.25, 0.3) is 0 Å². The molecule has 14 heavy (non-hydrogen) atoms. The van der Waals surface area contributed by atoms with Crippen molar-refractivity contribution in [2.75, 3.05) is 19.0 Å². The Balaban J connectivity index is 2.59. The monoisotopic (exact) mass is 213 g/mol. The van der Waals surface area contributed by atoms with Crippen LogP contribution < -0.4 is 5.32 Å². The fraction of sp³-hybridized carbons (Fsp3) is 0.455. The molecule has 0 heterocycles. The predicted octanol–water partition coefficient (Wildman–Crippen LogP) is 3.10. The first kappa shape index (κ1) is 11.3. The summed E-state index contributed by atoms with van der Waals surface area (Å²) in [5.74, 6) is 0. The molecule has 0 radical (unpaired) electrons. The Labute approximate surface area is 90.2 Å². The summed E-state index contributed by atoms with van der Waals surface area (Å²) < 4.78 is 5.13. The molecule has 1 aromatic rings. The van der Waals surface area contributed by atoms with Gasteiger partial charge in [-0.2, -0.15) is 0 Å². The maximum Gasteiger partial charge on any atom is 0.0715 e. The summed E-state index contributed by atoms with van der Waals surface area (Å²) in [6.07, 6.45) is 0.187. The Hall–Kier alpha value is -0.730. The van der Waals surface area contributed by atoms with E-state index in [2.05, 4.69) is 5.32 Å². The van der Waals surface area contributed by atoms with Crippen LogP contribution in [-0.2, 0) is 4.74 Å². The van der Waals surface area contributed by atoms with Crippen LogP contribution in [0.2, 0.25) is 5.02 Å². The summed E-state index contributed by atoms with van der Waals surface area (Å²) in [4.78, 5) is 0. The first-order chi connectivity index (χ1) is 6.63. The minimum Gasteiger partial charge on any atom is -0.381 e. The van der Waals surface area contributed by atoms with Crippen molar-refractivity contribution in [1.82, 2.24) is 0 Å². The fourth-order valence-electron chi connectivity index (χ4n) is 1.10. The van der Waals surface area contributed by atoms with Crippen LogP contribution in [0.3, 0.4) is 0 Å². The van der Waals surface area contributed by atoms with Gasteiger partial charge in [0.2, 0.25) is 0 Å². The number of anilines is 1. The minimum absolute atomic E-state index is 0.187. The molecule has 2 nitrogen and oxygen atoms in total. The second-order valence-electron chi connectivity index (χ2n) is 3.41.